The molecule has 4 aromatic rings. The van der Waals surface area contributed by atoms with Gasteiger partial charge in [-0.25, -0.2) is 8.42 Å². The fourth-order valence-electron chi connectivity index (χ4n) is 4.99. The Morgan fingerprint density at radius 1 is 0.870 bits per heavy atom. The highest BCUT2D eigenvalue weighted by Crippen LogP contribution is 2.32. The molecule has 0 saturated heterocycles. The standard InChI is InChI=1S/C35H38ClN3O6S/c1-5-37-35(41)32(21-26-10-7-6-8-11-26)38(23-27-12-9-13-29(20-27)44-3)34(40)24-39(28-16-19-33(45-4)31(36)22-28)46(42,43)30-17-14-25(2)15-18-30/h6-20,22,32H,5,21,23-24H2,1-4H3,(H,37,41)/t32-/m0/s1. The van der Waals surface area contributed by atoms with Crippen molar-refractivity contribution < 1.29 is 27.5 Å². The summed E-state index contributed by atoms with van der Waals surface area (Å²) in [5, 5.41) is 3.03. The minimum absolute atomic E-state index is 0.00162. The number of likely N-dealkylation sites (N-methyl/N-ethyl adjacent to an activating group) is 1. The third-order valence-corrected chi connectivity index (χ3v) is 9.50. The van der Waals surface area contributed by atoms with Crippen LogP contribution in [0, 0.1) is 6.92 Å². The highest BCUT2D eigenvalue weighted by Gasteiger charge is 2.34. The number of anilines is 1. The van der Waals surface area contributed by atoms with E-state index in [2.05, 4.69) is 5.32 Å². The summed E-state index contributed by atoms with van der Waals surface area (Å²) in [6.07, 6.45) is 0.210. The second kappa shape index (κ2) is 15.6. The Morgan fingerprint density at radius 3 is 2.20 bits per heavy atom. The highest BCUT2D eigenvalue weighted by atomic mass is 35.5. The summed E-state index contributed by atoms with van der Waals surface area (Å²) >= 11 is 6.44. The van der Waals surface area contributed by atoms with Gasteiger partial charge in [0.05, 0.1) is 29.8 Å². The van der Waals surface area contributed by atoms with E-state index in [0.717, 1.165) is 15.4 Å². The number of rotatable bonds is 14. The Labute approximate surface area is 275 Å². The van der Waals surface area contributed by atoms with E-state index in [9.17, 15) is 18.0 Å². The molecule has 0 aliphatic heterocycles. The molecule has 242 valence electrons. The van der Waals surface area contributed by atoms with Crippen molar-refractivity contribution in [3.8, 4) is 11.5 Å². The van der Waals surface area contributed by atoms with Crippen LogP contribution in [0.2, 0.25) is 5.02 Å². The molecule has 0 aliphatic carbocycles. The van der Waals surface area contributed by atoms with Gasteiger partial charge in [-0.05, 0) is 67.4 Å². The first kappa shape index (κ1) is 34.3. The van der Waals surface area contributed by atoms with Gasteiger partial charge in [0.2, 0.25) is 11.8 Å². The maximum atomic E-state index is 14.5. The van der Waals surface area contributed by atoms with Gasteiger partial charge in [-0.15, -0.1) is 0 Å². The number of amides is 2. The van der Waals surface area contributed by atoms with Crippen LogP contribution in [0.3, 0.4) is 0 Å². The van der Waals surface area contributed by atoms with Gasteiger partial charge in [-0.3, -0.25) is 13.9 Å². The van der Waals surface area contributed by atoms with Gasteiger partial charge < -0.3 is 19.7 Å². The first-order chi connectivity index (χ1) is 22.1. The van der Waals surface area contributed by atoms with Crippen LogP contribution in [-0.2, 0) is 32.6 Å². The van der Waals surface area contributed by atoms with Gasteiger partial charge in [0.1, 0.15) is 24.1 Å². The Kier molecular flexibility index (Phi) is 11.7. The van der Waals surface area contributed by atoms with E-state index in [4.69, 9.17) is 21.1 Å². The number of carbonyl (C=O) groups excluding carboxylic acids is 2. The summed E-state index contributed by atoms with van der Waals surface area (Å²) in [6, 6.07) is 26.5. The second-order valence-electron chi connectivity index (χ2n) is 10.6. The quantitative estimate of drug-likeness (QED) is 0.187. The third-order valence-electron chi connectivity index (χ3n) is 7.42. The zero-order valence-electron chi connectivity index (χ0n) is 26.3. The molecule has 1 atom stereocenters. The SMILES string of the molecule is CCNC(=O)[C@H](Cc1ccccc1)N(Cc1cccc(OC)c1)C(=O)CN(c1ccc(OC)c(Cl)c1)S(=O)(=O)c1ccc(C)cc1. The maximum absolute atomic E-state index is 14.5. The van der Waals surface area contributed by atoms with Crippen molar-refractivity contribution in [1.82, 2.24) is 10.2 Å². The van der Waals surface area contributed by atoms with E-state index in [-0.39, 0.29) is 34.5 Å². The molecule has 0 saturated carbocycles. The number of methoxy groups -OCH3 is 2. The minimum atomic E-state index is -4.27. The van der Waals surface area contributed by atoms with Crippen molar-refractivity contribution in [1.29, 1.82) is 0 Å². The van der Waals surface area contributed by atoms with Gasteiger partial charge in [-0.1, -0.05) is 71.8 Å². The molecule has 0 heterocycles. The zero-order valence-corrected chi connectivity index (χ0v) is 27.8. The summed E-state index contributed by atoms with van der Waals surface area (Å²) in [4.78, 5) is 29.6. The molecule has 9 nitrogen and oxygen atoms in total. The van der Waals surface area contributed by atoms with E-state index in [1.165, 1.54) is 36.3 Å². The van der Waals surface area contributed by atoms with Crippen LogP contribution < -0.4 is 19.1 Å². The number of ether oxygens (including phenoxy) is 2. The van der Waals surface area contributed by atoms with Crippen LogP contribution in [0.25, 0.3) is 0 Å². The number of benzene rings is 4. The molecule has 0 fully saturated rings. The van der Waals surface area contributed by atoms with E-state index >= 15 is 0 Å². The van der Waals surface area contributed by atoms with Crippen LogP contribution in [0.4, 0.5) is 5.69 Å². The lowest BCUT2D eigenvalue weighted by Crippen LogP contribution is -2.53. The molecular weight excluding hydrogens is 626 g/mol. The normalized spacial score (nSPS) is 11.8. The van der Waals surface area contributed by atoms with Crippen LogP contribution in [-0.4, -0.2) is 58.5 Å². The topological polar surface area (TPSA) is 105 Å². The van der Waals surface area contributed by atoms with Crippen molar-refractivity contribution >= 4 is 39.1 Å². The van der Waals surface area contributed by atoms with E-state index < -0.39 is 28.5 Å². The van der Waals surface area contributed by atoms with Crippen molar-refractivity contribution in [3.05, 3.63) is 119 Å². The number of halogens is 1. The molecule has 11 heteroatoms. The van der Waals surface area contributed by atoms with Crippen LogP contribution >= 0.6 is 11.6 Å². The van der Waals surface area contributed by atoms with Gasteiger partial charge in [0.15, 0.2) is 0 Å². The average Bonchev–Trinajstić information content (AvgIpc) is 3.05. The Bertz CT molecular complexity index is 1750. The number of aryl methyl sites for hydroxylation is 1. The van der Waals surface area contributed by atoms with Gasteiger partial charge in [-0.2, -0.15) is 0 Å². The van der Waals surface area contributed by atoms with E-state index in [1.807, 2.05) is 43.3 Å². The van der Waals surface area contributed by atoms with Crippen LogP contribution in [0.15, 0.2) is 102 Å². The molecule has 0 radical (unpaired) electrons. The van der Waals surface area contributed by atoms with Gasteiger partial charge >= 0.3 is 0 Å². The number of hydrogen-bond donors (Lipinski definition) is 1. The third kappa shape index (κ3) is 8.38. The number of carbonyl (C=O) groups is 2. The van der Waals surface area contributed by atoms with Gasteiger partial charge in [0, 0.05) is 19.5 Å². The van der Waals surface area contributed by atoms with Crippen LogP contribution in [0.5, 0.6) is 11.5 Å². The Hall–Kier alpha value is -4.54. The number of nitrogens with zero attached hydrogens (tertiary/aromatic N) is 2. The zero-order chi connectivity index (χ0) is 33.3. The maximum Gasteiger partial charge on any atom is 0.264 e. The van der Waals surface area contributed by atoms with Crippen molar-refractivity contribution in [3.63, 3.8) is 0 Å². The molecule has 1 N–H and O–H groups in total. The molecule has 0 aromatic heterocycles. The highest BCUT2D eigenvalue weighted by molar-refractivity contribution is 7.92. The predicted molar refractivity (Wildman–Crippen MR) is 180 cm³/mol. The number of nitrogens with one attached hydrogen (secondary N) is 1. The summed E-state index contributed by atoms with van der Waals surface area (Å²) in [7, 11) is -1.27. The lowest BCUT2D eigenvalue weighted by Gasteiger charge is -2.34. The van der Waals surface area contributed by atoms with Crippen molar-refractivity contribution in [2.24, 2.45) is 0 Å². The Morgan fingerprint density at radius 2 is 1.57 bits per heavy atom. The molecule has 2 amide bonds. The average molecular weight is 664 g/mol. The van der Waals surface area contributed by atoms with Crippen molar-refractivity contribution in [2.75, 3.05) is 31.6 Å². The molecule has 0 spiro atoms. The lowest BCUT2D eigenvalue weighted by atomic mass is 10.0. The molecule has 0 unspecified atom stereocenters. The lowest BCUT2D eigenvalue weighted by molar-refractivity contribution is -0.140. The predicted octanol–water partition coefficient (Wildman–Crippen LogP) is 5.64. The van der Waals surface area contributed by atoms with Crippen LogP contribution in [0.1, 0.15) is 23.6 Å². The van der Waals surface area contributed by atoms with E-state index in [0.29, 0.717) is 23.6 Å². The fourth-order valence-corrected chi connectivity index (χ4v) is 6.65. The first-order valence-electron chi connectivity index (χ1n) is 14.7. The minimum Gasteiger partial charge on any atom is -0.497 e. The second-order valence-corrected chi connectivity index (χ2v) is 12.9. The molecular formula is C35H38ClN3O6S. The molecule has 4 rings (SSSR count). The Balaban J connectivity index is 1.83. The number of hydrogen-bond acceptors (Lipinski definition) is 6. The van der Waals surface area contributed by atoms with E-state index in [1.54, 1.807) is 50.4 Å². The first-order valence-corrected chi connectivity index (χ1v) is 16.6. The molecule has 0 bridgehead atoms. The summed E-state index contributed by atoms with van der Waals surface area (Å²) in [5.41, 5.74) is 2.59. The number of sulfonamides is 1. The summed E-state index contributed by atoms with van der Waals surface area (Å²) in [6.45, 7) is 3.42. The molecule has 4 aromatic carbocycles. The van der Waals surface area contributed by atoms with Crippen molar-refractivity contribution in [2.45, 2.75) is 37.8 Å². The molecule has 0 aliphatic rings. The van der Waals surface area contributed by atoms with Gasteiger partial charge in [0.25, 0.3) is 10.0 Å². The summed E-state index contributed by atoms with van der Waals surface area (Å²) < 4.78 is 40.1. The summed E-state index contributed by atoms with van der Waals surface area (Å²) in [5.74, 6) is -0.0112. The largest absolute Gasteiger partial charge is 0.497 e. The molecule has 46 heavy (non-hydrogen) atoms. The smallest absolute Gasteiger partial charge is 0.264 e. The fraction of sp³-hybridized carbons (Fsp3) is 0.257. The monoisotopic (exact) mass is 663 g/mol.